The fraction of sp³-hybridized carbons (Fsp3) is 0.450. The number of hydrogen-bond acceptors (Lipinski definition) is 5. The molecule has 4 rings (SSSR count). The van der Waals surface area contributed by atoms with E-state index >= 15 is 0 Å². The van der Waals surface area contributed by atoms with Crippen LogP contribution in [0.2, 0.25) is 0 Å². The van der Waals surface area contributed by atoms with Crippen molar-refractivity contribution >= 4 is 11.8 Å². The molecule has 8 nitrogen and oxygen atoms in total. The van der Waals surface area contributed by atoms with Crippen molar-refractivity contribution in [3.05, 3.63) is 41.0 Å². The molecule has 2 aromatic rings. The van der Waals surface area contributed by atoms with E-state index in [0.29, 0.717) is 42.7 Å². The Bertz CT molecular complexity index is 906. The number of imidazole rings is 1. The fourth-order valence-corrected chi connectivity index (χ4v) is 3.53. The molecule has 2 aliphatic heterocycles. The topological polar surface area (TPSA) is 94.5 Å². The Hall–Kier alpha value is -3.03. The molecule has 1 aromatic heterocycles. The molecule has 28 heavy (non-hydrogen) atoms. The number of ether oxygens (including phenoxy) is 2. The van der Waals surface area contributed by atoms with Gasteiger partial charge in [0.1, 0.15) is 5.69 Å². The Labute approximate surface area is 163 Å². The lowest BCUT2D eigenvalue weighted by Gasteiger charge is -2.17. The maximum absolute atomic E-state index is 12.8. The SMILES string of the molecule is CCCNC(=O)c1nc(C(=O)NCc2ccc3c(c2)OCO3)c2n1CCCC2. The van der Waals surface area contributed by atoms with Crippen molar-refractivity contribution in [3.8, 4) is 11.5 Å². The summed E-state index contributed by atoms with van der Waals surface area (Å²) in [5.74, 6) is 1.23. The lowest BCUT2D eigenvalue weighted by Crippen LogP contribution is -2.28. The lowest BCUT2D eigenvalue weighted by atomic mass is 10.1. The molecule has 0 bridgehead atoms. The van der Waals surface area contributed by atoms with E-state index in [1.807, 2.05) is 29.7 Å². The molecule has 1 aromatic carbocycles. The summed E-state index contributed by atoms with van der Waals surface area (Å²) in [6.07, 6.45) is 3.57. The van der Waals surface area contributed by atoms with E-state index in [4.69, 9.17) is 9.47 Å². The maximum Gasteiger partial charge on any atom is 0.287 e. The third kappa shape index (κ3) is 3.54. The monoisotopic (exact) mass is 384 g/mol. The molecular weight excluding hydrogens is 360 g/mol. The second kappa shape index (κ2) is 7.92. The lowest BCUT2D eigenvalue weighted by molar-refractivity contribution is 0.0937. The quantitative estimate of drug-likeness (QED) is 0.795. The Morgan fingerprint density at radius 2 is 2.00 bits per heavy atom. The number of benzene rings is 1. The maximum atomic E-state index is 12.8. The number of nitrogens with zero attached hydrogens (tertiary/aromatic N) is 2. The Morgan fingerprint density at radius 3 is 2.86 bits per heavy atom. The van der Waals surface area contributed by atoms with Gasteiger partial charge >= 0.3 is 0 Å². The molecule has 2 aliphatic rings. The minimum atomic E-state index is -0.266. The highest BCUT2D eigenvalue weighted by atomic mass is 16.7. The molecule has 0 radical (unpaired) electrons. The molecule has 3 heterocycles. The molecule has 0 saturated heterocycles. The number of rotatable bonds is 6. The number of nitrogens with one attached hydrogen (secondary N) is 2. The van der Waals surface area contributed by atoms with E-state index in [1.165, 1.54) is 0 Å². The molecule has 2 N–H and O–H groups in total. The molecule has 0 spiro atoms. The van der Waals surface area contributed by atoms with Crippen molar-refractivity contribution in [1.29, 1.82) is 0 Å². The van der Waals surface area contributed by atoms with Crippen LogP contribution in [0.4, 0.5) is 0 Å². The highest BCUT2D eigenvalue weighted by molar-refractivity contribution is 5.97. The predicted octanol–water partition coefficient (Wildman–Crippen LogP) is 2.02. The largest absolute Gasteiger partial charge is 0.454 e. The minimum Gasteiger partial charge on any atom is -0.454 e. The molecule has 8 heteroatoms. The first-order valence-corrected chi connectivity index (χ1v) is 9.71. The van der Waals surface area contributed by atoms with Crippen LogP contribution in [0.1, 0.15) is 58.6 Å². The third-order valence-corrected chi connectivity index (χ3v) is 4.96. The zero-order chi connectivity index (χ0) is 19.5. The first kappa shape index (κ1) is 18.3. The van der Waals surface area contributed by atoms with Crippen molar-refractivity contribution < 1.29 is 19.1 Å². The van der Waals surface area contributed by atoms with Gasteiger partial charge in [-0.15, -0.1) is 0 Å². The zero-order valence-corrected chi connectivity index (χ0v) is 15.9. The molecular formula is C20H24N4O4. The number of fused-ring (bicyclic) bond motifs is 2. The summed E-state index contributed by atoms with van der Waals surface area (Å²) in [6, 6.07) is 5.58. The summed E-state index contributed by atoms with van der Waals surface area (Å²) < 4.78 is 12.6. The van der Waals surface area contributed by atoms with Crippen LogP contribution >= 0.6 is 0 Å². The number of carbonyl (C=O) groups is 2. The van der Waals surface area contributed by atoms with Crippen LogP contribution in [0.5, 0.6) is 11.5 Å². The van der Waals surface area contributed by atoms with Gasteiger partial charge in [0.2, 0.25) is 6.79 Å². The summed E-state index contributed by atoms with van der Waals surface area (Å²) in [5, 5.41) is 5.76. The van der Waals surface area contributed by atoms with Crippen molar-refractivity contribution in [3.63, 3.8) is 0 Å². The number of carbonyl (C=O) groups excluding carboxylic acids is 2. The third-order valence-electron chi connectivity index (χ3n) is 4.96. The number of hydrogen-bond donors (Lipinski definition) is 2. The molecule has 0 unspecified atom stereocenters. The van der Waals surface area contributed by atoms with Crippen molar-refractivity contribution in [1.82, 2.24) is 20.2 Å². The van der Waals surface area contributed by atoms with Crippen molar-refractivity contribution in [2.45, 2.75) is 45.7 Å². The molecule has 148 valence electrons. The zero-order valence-electron chi connectivity index (χ0n) is 15.9. The number of aromatic nitrogens is 2. The standard InChI is InChI=1S/C20H24N4O4/c1-2-8-21-20(26)18-23-17(14-5-3-4-9-24(14)18)19(25)22-11-13-6-7-15-16(10-13)28-12-27-15/h6-7,10H,2-5,8-9,11-12H2,1H3,(H,21,26)(H,22,25). The summed E-state index contributed by atoms with van der Waals surface area (Å²) >= 11 is 0. The van der Waals surface area contributed by atoms with Gasteiger partial charge in [0, 0.05) is 19.6 Å². The van der Waals surface area contributed by atoms with Crippen LogP contribution in [0, 0.1) is 0 Å². The summed E-state index contributed by atoms with van der Waals surface area (Å²) in [6.45, 7) is 3.86. The van der Waals surface area contributed by atoms with Crippen LogP contribution in [-0.4, -0.2) is 34.7 Å². The molecule has 0 fully saturated rings. The van der Waals surface area contributed by atoms with Crippen LogP contribution in [0.15, 0.2) is 18.2 Å². The Kier molecular flexibility index (Phi) is 5.18. The number of amides is 2. The van der Waals surface area contributed by atoms with E-state index < -0.39 is 0 Å². The van der Waals surface area contributed by atoms with E-state index in [0.717, 1.165) is 36.9 Å². The highest BCUT2D eigenvalue weighted by Crippen LogP contribution is 2.32. The second-order valence-corrected chi connectivity index (χ2v) is 6.97. The Morgan fingerprint density at radius 1 is 1.14 bits per heavy atom. The first-order valence-electron chi connectivity index (χ1n) is 9.71. The van der Waals surface area contributed by atoms with Gasteiger partial charge < -0.3 is 24.7 Å². The predicted molar refractivity (Wildman–Crippen MR) is 102 cm³/mol. The van der Waals surface area contributed by atoms with E-state index in [9.17, 15) is 9.59 Å². The average molecular weight is 384 g/mol. The van der Waals surface area contributed by atoms with Gasteiger partial charge in [-0.2, -0.15) is 0 Å². The molecule has 0 saturated carbocycles. The molecule has 0 aliphatic carbocycles. The van der Waals surface area contributed by atoms with Gasteiger partial charge in [-0.25, -0.2) is 4.98 Å². The van der Waals surface area contributed by atoms with Crippen molar-refractivity contribution in [2.75, 3.05) is 13.3 Å². The van der Waals surface area contributed by atoms with E-state index in [-0.39, 0.29) is 18.6 Å². The fourth-order valence-electron chi connectivity index (χ4n) is 3.53. The Balaban J connectivity index is 1.50. The molecule has 0 atom stereocenters. The van der Waals surface area contributed by atoms with Gasteiger partial charge in [0.15, 0.2) is 17.3 Å². The van der Waals surface area contributed by atoms with E-state index in [2.05, 4.69) is 15.6 Å². The normalized spacial score (nSPS) is 14.5. The van der Waals surface area contributed by atoms with Crippen LogP contribution < -0.4 is 20.1 Å². The van der Waals surface area contributed by atoms with E-state index in [1.54, 1.807) is 0 Å². The highest BCUT2D eigenvalue weighted by Gasteiger charge is 2.27. The average Bonchev–Trinajstić information content (AvgIpc) is 3.34. The van der Waals surface area contributed by atoms with Gasteiger partial charge in [0.05, 0.1) is 5.69 Å². The van der Waals surface area contributed by atoms with Crippen LogP contribution in [-0.2, 0) is 19.5 Å². The summed E-state index contributed by atoms with van der Waals surface area (Å²) in [7, 11) is 0. The summed E-state index contributed by atoms with van der Waals surface area (Å²) in [5.41, 5.74) is 2.10. The smallest absolute Gasteiger partial charge is 0.287 e. The van der Waals surface area contributed by atoms with Gasteiger partial charge in [-0.1, -0.05) is 13.0 Å². The van der Waals surface area contributed by atoms with Crippen LogP contribution in [0.3, 0.4) is 0 Å². The first-order chi connectivity index (χ1) is 13.7. The van der Waals surface area contributed by atoms with Gasteiger partial charge in [-0.05, 0) is 43.4 Å². The molecule has 2 amide bonds. The van der Waals surface area contributed by atoms with Gasteiger partial charge in [-0.3, -0.25) is 9.59 Å². The second-order valence-electron chi connectivity index (χ2n) is 6.97. The summed E-state index contributed by atoms with van der Waals surface area (Å²) in [4.78, 5) is 29.7. The van der Waals surface area contributed by atoms with Crippen LogP contribution in [0.25, 0.3) is 0 Å². The minimum absolute atomic E-state index is 0.217. The van der Waals surface area contributed by atoms with Gasteiger partial charge in [0.25, 0.3) is 11.8 Å². The van der Waals surface area contributed by atoms with Crippen molar-refractivity contribution in [2.24, 2.45) is 0 Å².